The van der Waals surface area contributed by atoms with Gasteiger partial charge < -0.3 is 34.7 Å². The number of unbranched alkanes of at least 4 members (excludes halogenated alkanes) is 2. The van der Waals surface area contributed by atoms with Crippen LogP contribution in [0.25, 0.3) is 22.3 Å². The van der Waals surface area contributed by atoms with Crippen LogP contribution in [0.3, 0.4) is 0 Å². The Bertz CT molecular complexity index is 2090. The van der Waals surface area contributed by atoms with E-state index >= 15 is 0 Å². The van der Waals surface area contributed by atoms with E-state index in [4.69, 9.17) is 25.2 Å². The number of carboxylic acids is 1. The van der Waals surface area contributed by atoms with Crippen molar-refractivity contribution in [1.82, 2.24) is 14.5 Å². The molecule has 0 spiro atoms. The van der Waals surface area contributed by atoms with Crippen molar-refractivity contribution in [1.29, 1.82) is 0 Å². The molecule has 1 aromatic carbocycles. The van der Waals surface area contributed by atoms with Crippen LogP contribution in [0.15, 0.2) is 34.1 Å². The average molecular weight is 727 g/mol. The minimum absolute atomic E-state index is 0.0927. The molecule has 2 aromatic heterocycles. The van der Waals surface area contributed by atoms with Crippen molar-refractivity contribution in [3.8, 4) is 11.4 Å². The smallest absolute Gasteiger partial charge is 0.355 e. The zero-order chi connectivity index (χ0) is 37.6. The third kappa shape index (κ3) is 6.16. The van der Waals surface area contributed by atoms with Gasteiger partial charge in [-0.2, -0.15) is 0 Å². The Morgan fingerprint density at radius 3 is 2.60 bits per heavy atom. The Hall–Kier alpha value is -5.11. The lowest BCUT2D eigenvalue weighted by Crippen LogP contribution is -2.56. The number of anilines is 1. The molecule has 1 aliphatic carbocycles. The number of nitrogens with zero attached hydrogens (tertiary/aromatic N) is 5. The van der Waals surface area contributed by atoms with E-state index in [0.29, 0.717) is 29.7 Å². The summed E-state index contributed by atoms with van der Waals surface area (Å²) in [5.41, 5.74) is 8.22. The van der Waals surface area contributed by atoms with E-state index < -0.39 is 59.5 Å². The number of carboxylic acid groups (broad SMARTS) is 1. The zero-order valence-electron chi connectivity index (χ0n) is 30.4. The molecule has 280 valence electrons. The quantitative estimate of drug-likeness (QED) is 0.153. The van der Waals surface area contributed by atoms with Gasteiger partial charge in [0.05, 0.1) is 64.6 Å². The number of carbonyl (C=O) groups is 4. The van der Waals surface area contributed by atoms with Gasteiger partial charge in [0.25, 0.3) is 5.56 Å². The molecule has 7 rings (SSSR count). The number of carbonyl (C=O) groups excluding carboxylic acids is 3. The van der Waals surface area contributed by atoms with Crippen molar-refractivity contribution >= 4 is 52.4 Å². The van der Waals surface area contributed by atoms with E-state index in [1.54, 1.807) is 17.6 Å². The fourth-order valence-corrected chi connectivity index (χ4v) is 8.44. The summed E-state index contributed by atoms with van der Waals surface area (Å²) in [6, 6.07) is 4.46. The maximum absolute atomic E-state index is 14.3. The predicted molar refractivity (Wildman–Crippen MR) is 197 cm³/mol. The maximum atomic E-state index is 14.3. The number of ether oxygens (including phenoxy) is 2. The number of nitrogens with two attached hydrogens (primary N) is 1. The molecule has 0 bridgehead atoms. The number of benzene rings is 1. The van der Waals surface area contributed by atoms with Crippen molar-refractivity contribution in [2.75, 3.05) is 11.4 Å². The van der Waals surface area contributed by atoms with Gasteiger partial charge in [-0.25, -0.2) is 19.6 Å². The number of fused-ring (bicyclic) bond motifs is 5. The van der Waals surface area contributed by atoms with Gasteiger partial charge in [-0.1, -0.05) is 52.0 Å². The fourth-order valence-electron chi connectivity index (χ4n) is 8.44. The summed E-state index contributed by atoms with van der Waals surface area (Å²) >= 11 is 0. The number of aromatic nitrogens is 2. The third-order valence-corrected chi connectivity index (χ3v) is 11.1. The summed E-state index contributed by atoms with van der Waals surface area (Å²) in [6.45, 7) is 5.92. The predicted octanol–water partition coefficient (Wildman–Crippen LogP) is 4.65. The Morgan fingerprint density at radius 1 is 1.13 bits per heavy atom. The minimum Gasteiger partial charge on any atom is -0.480 e. The minimum atomic E-state index is -2.04. The lowest BCUT2D eigenvalue weighted by Gasteiger charge is -2.39. The first-order valence-corrected chi connectivity index (χ1v) is 18.7. The molecule has 5 heterocycles. The van der Waals surface area contributed by atoms with Gasteiger partial charge >= 0.3 is 17.9 Å². The van der Waals surface area contributed by atoms with Crippen molar-refractivity contribution in [2.24, 2.45) is 10.7 Å². The van der Waals surface area contributed by atoms with Crippen LogP contribution in [0.4, 0.5) is 11.4 Å². The molecule has 3 N–H and O–H groups in total. The van der Waals surface area contributed by atoms with Crippen LogP contribution >= 0.6 is 0 Å². The van der Waals surface area contributed by atoms with Crippen LogP contribution in [0.2, 0.25) is 0 Å². The highest BCUT2D eigenvalue weighted by Gasteiger charge is 2.51. The number of rotatable bonds is 12. The normalized spacial score (nSPS) is 19.9. The van der Waals surface area contributed by atoms with E-state index in [0.717, 1.165) is 67.4 Å². The van der Waals surface area contributed by atoms with Gasteiger partial charge in [-0.3, -0.25) is 14.4 Å². The topological polar surface area (TPSA) is 187 Å². The first kappa shape index (κ1) is 36.3. The standard InChI is InChI=1S/C39H46N6O8/c1-4-6-10-16-43-21-41-27-14-11-15-28-32(27)34(43)24-19-44-29(33(24)42-28)17-26-25(36(44)48)20-52-38(51)39(26,5-2)53-31(46)18-30(37(49)50)45(35(47)22(3)40)23-12-8-7-9-13-23/h11,14-15,17,21-23,30H,4-10,12-13,16,18-20,40H2,1-3H3,(H,49,50)/t22-,30-,39-/m0/s1. The second-order valence-electron chi connectivity index (χ2n) is 14.5. The Morgan fingerprint density at radius 2 is 1.91 bits per heavy atom. The van der Waals surface area contributed by atoms with Crippen LogP contribution in [-0.4, -0.2) is 74.4 Å². The van der Waals surface area contributed by atoms with Crippen LogP contribution in [0, 0.1) is 0 Å². The molecule has 0 unspecified atom stereocenters. The Labute approximate surface area is 307 Å². The highest BCUT2D eigenvalue weighted by molar-refractivity contribution is 6.11. The van der Waals surface area contributed by atoms with Crippen LogP contribution in [0.1, 0.15) is 102 Å². The van der Waals surface area contributed by atoms with E-state index in [-0.39, 0.29) is 30.7 Å². The summed E-state index contributed by atoms with van der Waals surface area (Å²) in [7, 11) is 0. The number of hydrogen-bond acceptors (Lipinski definition) is 11. The molecule has 0 radical (unpaired) electrons. The second-order valence-corrected chi connectivity index (χ2v) is 14.5. The first-order chi connectivity index (χ1) is 25.5. The molecule has 3 aromatic rings. The molecule has 1 fully saturated rings. The number of hydrogen-bond donors (Lipinski definition) is 2. The number of cyclic esters (lactones) is 1. The van der Waals surface area contributed by atoms with Gasteiger partial charge in [0.1, 0.15) is 12.6 Å². The fraction of sp³-hybridized carbons (Fsp3) is 0.513. The van der Waals surface area contributed by atoms with Crippen LogP contribution in [0.5, 0.6) is 0 Å². The molecule has 14 heteroatoms. The monoisotopic (exact) mass is 726 g/mol. The number of aliphatic imine (C=N–C) groups is 1. The Balaban J connectivity index is 1.28. The molecule has 3 atom stereocenters. The lowest BCUT2D eigenvalue weighted by molar-refractivity contribution is -0.191. The van der Waals surface area contributed by atoms with Crippen molar-refractivity contribution < 1.29 is 33.8 Å². The average Bonchev–Trinajstić information content (AvgIpc) is 3.52. The maximum Gasteiger partial charge on any atom is 0.355 e. The van der Waals surface area contributed by atoms with Crippen molar-refractivity contribution in [3.05, 3.63) is 51.3 Å². The molecule has 4 aliphatic rings. The highest BCUT2D eigenvalue weighted by atomic mass is 16.6. The molecular weight excluding hydrogens is 680 g/mol. The second kappa shape index (κ2) is 14.4. The molecular formula is C39H46N6O8. The van der Waals surface area contributed by atoms with E-state index in [1.807, 2.05) is 24.5 Å². The van der Waals surface area contributed by atoms with E-state index in [9.17, 15) is 29.1 Å². The summed E-state index contributed by atoms with van der Waals surface area (Å²) in [4.78, 5) is 81.1. The largest absolute Gasteiger partial charge is 0.480 e. The number of aliphatic carboxylic acids is 1. The molecule has 0 saturated heterocycles. The molecule has 14 nitrogen and oxygen atoms in total. The summed E-state index contributed by atoms with van der Waals surface area (Å²) in [6.07, 6.45) is 7.83. The van der Waals surface area contributed by atoms with Crippen molar-refractivity contribution in [3.63, 3.8) is 0 Å². The molecule has 53 heavy (non-hydrogen) atoms. The summed E-state index contributed by atoms with van der Waals surface area (Å²) in [5.74, 6) is -3.85. The molecule has 3 aliphatic heterocycles. The number of amides is 1. The van der Waals surface area contributed by atoms with Gasteiger partial charge in [0, 0.05) is 23.7 Å². The Kier molecular flexibility index (Phi) is 9.83. The third-order valence-electron chi connectivity index (χ3n) is 11.1. The number of pyridine rings is 2. The first-order valence-electron chi connectivity index (χ1n) is 18.7. The molecule has 1 amide bonds. The summed E-state index contributed by atoms with van der Waals surface area (Å²) in [5, 5.41) is 11.3. The van der Waals surface area contributed by atoms with E-state index in [2.05, 4.69) is 11.8 Å². The van der Waals surface area contributed by atoms with Crippen LogP contribution in [-0.2, 0) is 47.4 Å². The molecule has 1 saturated carbocycles. The van der Waals surface area contributed by atoms with Gasteiger partial charge in [-0.15, -0.1) is 0 Å². The summed E-state index contributed by atoms with van der Waals surface area (Å²) < 4.78 is 13.1. The lowest BCUT2D eigenvalue weighted by atomic mass is 9.85. The van der Waals surface area contributed by atoms with Gasteiger partial charge in [0.2, 0.25) is 11.5 Å². The van der Waals surface area contributed by atoms with Gasteiger partial charge in [0.15, 0.2) is 0 Å². The van der Waals surface area contributed by atoms with Crippen molar-refractivity contribution in [2.45, 2.75) is 122 Å². The zero-order valence-corrected chi connectivity index (χ0v) is 30.4. The highest BCUT2D eigenvalue weighted by Crippen LogP contribution is 2.47. The SMILES string of the molecule is CCCCCN1C=Nc2cccc3nc4c(c1c23)Cn1c-4cc2c(c1=O)COC(=O)[C@@]2(CC)OC(=O)C[C@@H](C(=O)O)N(C(=O)[C@H](C)N)C1CCCCC1. The van der Waals surface area contributed by atoms with E-state index in [1.165, 1.54) is 11.8 Å². The van der Waals surface area contributed by atoms with Gasteiger partial charge in [-0.05, 0) is 50.8 Å². The van der Waals surface area contributed by atoms with Crippen LogP contribution < -0.4 is 16.2 Å². The number of esters is 2.